The van der Waals surface area contributed by atoms with E-state index in [0.29, 0.717) is 0 Å². The summed E-state index contributed by atoms with van der Waals surface area (Å²) in [7, 11) is 0. The predicted molar refractivity (Wildman–Crippen MR) is 37.4 cm³/mol. The molecule has 0 saturated heterocycles. The first kappa shape index (κ1) is 8.88. The summed E-state index contributed by atoms with van der Waals surface area (Å²) < 4.78 is 25.3. The summed E-state index contributed by atoms with van der Waals surface area (Å²) in [5.41, 5.74) is 0. The van der Waals surface area contributed by atoms with Crippen LogP contribution in [0.2, 0.25) is 0 Å². The fraction of sp³-hybridized carbons (Fsp3) is 0.200. The molecule has 6 nitrogen and oxygen atoms in total. The Kier molecular flexibility index (Phi) is 2.56. The van der Waals surface area contributed by atoms with Gasteiger partial charge < -0.3 is 8.97 Å². The van der Waals surface area contributed by atoms with Crippen LogP contribution in [0.5, 0.6) is 0 Å². The van der Waals surface area contributed by atoms with Crippen molar-refractivity contribution in [3.8, 4) is 0 Å². The van der Waals surface area contributed by atoms with E-state index in [9.17, 15) is 18.9 Å². The molecule has 1 aromatic heterocycles. The summed E-state index contributed by atoms with van der Waals surface area (Å²) in [6.45, 7) is 0. The maximum atomic E-state index is 10.3. The van der Waals surface area contributed by atoms with Gasteiger partial charge in [0.2, 0.25) is 0 Å². The Morgan fingerprint density at radius 3 is 2.67 bits per heavy atom. The van der Waals surface area contributed by atoms with Crippen LogP contribution in [0, 0.1) is 10.1 Å². The van der Waals surface area contributed by atoms with Crippen molar-refractivity contribution in [2.75, 3.05) is 0 Å². The van der Waals surface area contributed by atoms with Crippen LogP contribution < -0.4 is 0 Å². The SMILES string of the molecule is O=[N+]([O-])C(c1ccco1)S(=O)[O-]. The number of rotatable bonds is 3. The lowest BCUT2D eigenvalue weighted by molar-refractivity contribution is -0.505. The first-order valence-electron chi connectivity index (χ1n) is 2.88. The number of hydrogen-bond acceptors (Lipinski definition) is 5. The second-order valence-corrected chi connectivity index (χ2v) is 2.88. The van der Waals surface area contributed by atoms with E-state index >= 15 is 0 Å². The van der Waals surface area contributed by atoms with Gasteiger partial charge in [0.15, 0.2) is 5.76 Å². The standard InChI is InChI=1S/C5H5NO5S/c7-6(8)5(12(9)10)4-2-1-3-11-4/h1-3,5H,(H,9,10)/p-1. The molecule has 0 N–H and O–H groups in total. The Bertz CT molecular complexity index is 281. The van der Waals surface area contributed by atoms with Gasteiger partial charge in [0.05, 0.1) is 6.26 Å². The molecule has 0 bridgehead atoms. The lowest BCUT2D eigenvalue weighted by Crippen LogP contribution is -2.14. The van der Waals surface area contributed by atoms with Crippen LogP contribution in [-0.4, -0.2) is 13.7 Å². The van der Waals surface area contributed by atoms with Gasteiger partial charge in [-0.2, -0.15) is 0 Å². The van der Waals surface area contributed by atoms with Crippen molar-refractivity contribution in [1.29, 1.82) is 0 Å². The summed E-state index contributed by atoms with van der Waals surface area (Å²) in [6, 6.07) is 2.63. The Morgan fingerprint density at radius 2 is 2.33 bits per heavy atom. The van der Waals surface area contributed by atoms with Gasteiger partial charge in [0, 0.05) is 16.0 Å². The highest BCUT2D eigenvalue weighted by molar-refractivity contribution is 7.79. The monoisotopic (exact) mass is 190 g/mol. The fourth-order valence-corrected chi connectivity index (χ4v) is 1.17. The number of nitrogens with zero attached hydrogens (tertiary/aromatic N) is 1. The van der Waals surface area contributed by atoms with Gasteiger partial charge in [-0.1, -0.05) is 0 Å². The zero-order valence-electron chi connectivity index (χ0n) is 5.71. The highest BCUT2D eigenvalue weighted by Crippen LogP contribution is 2.19. The zero-order valence-corrected chi connectivity index (χ0v) is 6.52. The Labute approximate surface area is 69.6 Å². The Hall–Kier alpha value is -1.21. The molecule has 0 fully saturated rings. The topological polar surface area (TPSA) is 96.4 Å². The highest BCUT2D eigenvalue weighted by atomic mass is 32.2. The Balaban J connectivity index is 2.96. The largest absolute Gasteiger partial charge is 0.767 e. The predicted octanol–water partition coefficient (Wildman–Crippen LogP) is 0.434. The van der Waals surface area contributed by atoms with E-state index in [4.69, 9.17) is 0 Å². The van der Waals surface area contributed by atoms with E-state index in [1.54, 1.807) is 0 Å². The molecule has 1 heterocycles. The molecular weight excluding hydrogens is 186 g/mol. The molecule has 2 unspecified atom stereocenters. The summed E-state index contributed by atoms with van der Waals surface area (Å²) >= 11 is -2.81. The van der Waals surface area contributed by atoms with Crippen molar-refractivity contribution in [2.45, 2.75) is 5.37 Å². The van der Waals surface area contributed by atoms with Crippen molar-refractivity contribution in [3.63, 3.8) is 0 Å². The van der Waals surface area contributed by atoms with E-state index in [1.807, 2.05) is 0 Å². The molecule has 0 radical (unpaired) electrons. The average Bonchev–Trinajstić information content (AvgIpc) is 2.37. The lowest BCUT2D eigenvalue weighted by atomic mass is 10.4. The van der Waals surface area contributed by atoms with E-state index in [2.05, 4.69) is 4.42 Å². The molecule has 12 heavy (non-hydrogen) atoms. The second-order valence-electron chi connectivity index (χ2n) is 1.91. The van der Waals surface area contributed by atoms with Gasteiger partial charge in [-0.25, -0.2) is 0 Å². The van der Waals surface area contributed by atoms with E-state index in [0.717, 1.165) is 0 Å². The van der Waals surface area contributed by atoms with E-state index < -0.39 is 21.4 Å². The normalized spacial score (nSPS) is 15.4. The molecule has 0 aliphatic heterocycles. The number of hydrogen-bond donors (Lipinski definition) is 0. The van der Waals surface area contributed by atoms with Crippen LogP contribution in [0.15, 0.2) is 22.8 Å². The molecular formula is C5H4NO5S-. The van der Waals surface area contributed by atoms with Gasteiger partial charge in [0.1, 0.15) is 0 Å². The van der Waals surface area contributed by atoms with E-state index in [-0.39, 0.29) is 5.76 Å². The lowest BCUT2D eigenvalue weighted by Gasteiger charge is -2.08. The van der Waals surface area contributed by atoms with E-state index in [1.165, 1.54) is 18.4 Å². The smallest absolute Gasteiger partial charge is 0.330 e. The third kappa shape index (κ3) is 1.69. The molecule has 1 rings (SSSR count). The molecule has 0 aromatic carbocycles. The number of furan rings is 1. The molecule has 0 saturated carbocycles. The molecule has 0 amide bonds. The third-order valence-electron chi connectivity index (χ3n) is 1.16. The Morgan fingerprint density at radius 1 is 1.67 bits per heavy atom. The first-order chi connectivity index (χ1) is 5.63. The van der Waals surface area contributed by atoms with Crippen molar-refractivity contribution < 1.29 is 18.1 Å². The summed E-state index contributed by atoms with van der Waals surface area (Å²) in [5, 5.41) is 8.39. The van der Waals surface area contributed by atoms with Crippen LogP contribution in [0.1, 0.15) is 11.1 Å². The summed E-state index contributed by atoms with van der Waals surface area (Å²) in [5.74, 6) is -0.187. The molecule has 66 valence electrons. The second kappa shape index (κ2) is 3.46. The van der Waals surface area contributed by atoms with Gasteiger partial charge in [-0.05, 0) is 12.1 Å². The minimum absolute atomic E-state index is 0.187. The van der Waals surface area contributed by atoms with Gasteiger partial charge in [0.25, 0.3) is 0 Å². The minimum Gasteiger partial charge on any atom is -0.767 e. The zero-order chi connectivity index (χ0) is 9.14. The minimum atomic E-state index is -2.81. The molecule has 7 heteroatoms. The average molecular weight is 190 g/mol. The van der Waals surface area contributed by atoms with Crippen molar-refractivity contribution in [1.82, 2.24) is 0 Å². The molecule has 0 aliphatic carbocycles. The fourth-order valence-electron chi connectivity index (χ4n) is 0.701. The van der Waals surface area contributed by atoms with Crippen molar-refractivity contribution in [2.24, 2.45) is 0 Å². The van der Waals surface area contributed by atoms with Crippen LogP contribution in [0.3, 0.4) is 0 Å². The van der Waals surface area contributed by atoms with Crippen LogP contribution in [0.4, 0.5) is 0 Å². The van der Waals surface area contributed by atoms with Crippen LogP contribution in [0.25, 0.3) is 0 Å². The van der Waals surface area contributed by atoms with Crippen LogP contribution in [-0.2, 0) is 11.1 Å². The molecule has 2 atom stereocenters. The van der Waals surface area contributed by atoms with Crippen molar-refractivity contribution >= 4 is 11.1 Å². The van der Waals surface area contributed by atoms with Gasteiger partial charge >= 0.3 is 5.37 Å². The maximum Gasteiger partial charge on any atom is 0.330 e. The molecule has 1 aromatic rings. The molecule has 0 spiro atoms. The first-order valence-corrected chi connectivity index (χ1v) is 4.01. The quantitative estimate of drug-likeness (QED) is 0.391. The van der Waals surface area contributed by atoms with Crippen LogP contribution >= 0.6 is 0 Å². The summed E-state index contributed by atoms with van der Waals surface area (Å²) in [6.07, 6.45) is 1.18. The van der Waals surface area contributed by atoms with Gasteiger partial charge in [-0.3, -0.25) is 14.3 Å². The molecule has 0 aliphatic rings. The third-order valence-corrected chi connectivity index (χ3v) is 1.93. The highest BCUT2D eigenvalue weighted by Gasteiger charge is 2.26. The maximum absolute atomic E-state index is 10.3. The van der Waals surface area contributed by atoms with Gasteiger partial charge in [-0.15, -0.1) is 0 Å². The number of nitro groups is 1. The van der Waals surface area contributed by atoms with Crippen molar-refractivity contribution in [3.05, 3.63) is 34.3 Å². The summed E-state index contributed by atoms with van der Waals surface area (Å²) in [4.78, 5) is 9.26.